The number of fused-ring (bicyclic) bond motifs is 5. The molecule has 3 unspecified atom stereocenters. The van der Waals surface area contributed by atoms with E-state index in [0.717, 1.165) is 88.4 Å². The number of aliphatic hydroxyl groups excluding tert-OH is 1. The topological polar surface area (TPSA) is 60.8 Å². The van der Waals surface area contributed by atoms with Crippen molar-refractivity contribution in [2.24, 2.45) is 23.2 Å². The number of phenols is 1. The quantitative estimate of drug-likeness (QED) is 0.107. The summed E-state index contributed by atoms with van der Waals surface area (Å²) in [5.41, 5.74) is 1.91. The molecule has 3 aliphatic carbocycles. The SMILES string of the molecule is CCCCCCCCCCCC(=O)N(CCCCCCCC)CCCCCC[C@@H]1Cc2cc(O)ccc2C2C1C1CC[C@H](O)[C@@]1(C)C[C@@H]2F. The first-order valence-electron chi connectivity index (χ1n) is 21.2. The minimum absolute atomic E-state index is 0.120. The molecule has 0 aliphatic heterocycles. The van der Waals surface area contributed by atoms with Crippen LogP contribution in [0.4, 0.5) is 4.39 Å². The van der Waals surface area contributed by atoms with Gasteiger partial charge in [0.2, 0.25) is 5.91 Å². The second-order valence-electron chi connectivity index (χ2n) is 16.8. The molecule has 3 aliphatic rings. The van der Waals surface area contributed by atoms with Crippen molar-refractivity contribution < 1.29 is 19.4 Å². The summed E-state index contributed by atoms with van der Waals surface area (Å²) < 4.78 is 16.1. The number of halogens is 1. The van der Waals surface area contributed by atoms with Gasteiger partial charge in [-0.3, -0.25) is 4.79 Å². The lowest BCUT2D eigenvalue weighted by atomic mass is 9.51. The molecule has 0 bridgehead atoms. The van der Waals surface area contributed by atoms with E-state index in [4.69, 9.17) is 0 Å². The van der Waals surface area contributed by atoms with E-state index in [1.54, 1.807) is 6.07 Å². The normalized spacial score (nSPS) is 27.4. The number of nitrogens with zero attached hydrogens (tertiary/aromatic N) is 1. The lowest BCUT2D eigenvalue weighted by molar-refractivity contribution is -0.131. The molecule has 280 valence electrons. The fourth-order valence-electron chi connectivity index (χ4n) is 10.3. The van der Waals surface area contributed by atoms with Crippen LogP contribution in [-0.4, -0.2) is 46.4 Å². The molecule has 2 fully saturated rings. The van der Waals surface area contributed by atoms with Crippen molar-refractivity contribution in [1.82, 2.24) is 4.90 Å². The molecule has 5 heteroatoms. The Bertz CT molecular complexity index is 1090. The minimum atomic E-state index is -0.948. The number of hydrogen-bond donors (Lipinski definition) is 2. The van der Waals surface area contributed by atoms with E-state index in [0.29, 0.717) is 30.6 Å². The highest BCUT2D eigenvalue weighted by atomic mass is 19.1. The molecule has 4 rings (SSSR count). The highest BCUT2D eigenvalue weighted by molar-refractivity contribution is 5.76. The second-order valence-corrected chi connectivity index (χ2v) is 16.8. The van der Waals surface area contributed by atoms with Crippen LogP contribution < -0.4 is 0 Å². The molecule has 49 heavy (non-hydrogen) atoms. The van der Waals surface area contributed by atoms with Crippen molar-refractivity contribution in [1.29, 1.82) is 0 Å². The summed E-state index contributed by atoms with van der Waals surface area (Å²) in [4.78, 5) is 15.5. The third-order valence-corrected chi connectivity index (χ3v) is 13.2. The number of alkyl halides is 1. The third-order valence-electron chi connectivity index (χ3n) is 13.2. The fourth-order valence-corrected chi connectivity index (χ4v) is 10.3. The van der Waals surface area contributed by atoms with Gasteiger partial charge in [-0.1, -0.05) is 130 Å². The van der Waals surface area contributed by atoms with Crippen LogP contribution in [0, 0.1) is 23.2 Å². The number of phenolic OH excluding ortho intramolecular Hbond substituents is 1. The van der Waals surface area contributed by atoms with Crippen LogP contribution in [0.15, 0.2) is 18.2 Å². The van der Waals surface area contributed by atoms with Gasteiger partial charge in [-0.2, -0.15) is 0 Å². The second kappa shape index (κ2) is 21.0. The molecule has 7 atom stereocenters. The summed E-state index contributed by atoms with van der Waals surface area (Å²) >= 11 is 0. The van der Waals surface area contributed by atoms with E-state index in [9.17, 15) is 15.0 Å². The first kappa shape index (κ1) is 40.2. The maximum absolute atomic E-state index is 16.1. The summed E-state index contributed by atoms with van der Waals surface area (Å²) in [5, 5.41) is 21.2. The monoisotopic (exact) mass is 684 g/mol. The molecule has 0 radical (unpaired) electrons. The highest BCUT2D eigenvalue weighted by Gasteiger charge is 2.59. The summed E-state index contributed by atoms with van der Waals surface area (Å²) in [5.74, 6) is 1.53. The Morgan fingerprint density at radius 3 is 2.02 bits per heavy atom. The first-order chi connectivity index (χ1) is 23.8. The molecule has 0 spiro atoms. The van der Waals surface area contributed by atoms with E-state index in [2.05, 4.69) is 25.7 Å². The Balaban J connectivity index is 1.24. The van der Waals surface area contributed by atoms with Crippen molar-refractivity contribution in [2.45, 2.75) is 199 Å². The largest absolute Gasteiger partial charge is 0.508 e. The van der Waals surface area contributed by atoms with E-state index in [1.165, 1.54) is 83.5 Å². The molecule has 1 amide bonds. The predicted octanol–water partition coefficient (Wildman–Crippen LogP) is 11.8. The number of aliphatic hydroxyl groups is 1. The Kier molecular flexibility index (Phi) is 17.2. The summed E-state index contributed by atoms with van der Waals surface area (Å²) in [7, 11) is 0. The van der Waals surface area contributed by atoms with Crippen molar-refractivity contribution in [3.05, 3.63) is 29.3 Å². The predicted molar refractivity (Wildman–Crippen MR) is 203 cm³/mol. The summed E-state index contributed by atoms with van der Waals surface area (Å²) in [6, 6.07) is 5.59. The maximum atomic E-state index is 16.1. The number of rotatable bonds is 24. The van der Waals surface area contributed by atoms with Gasteiger partial charge in [0.15, 0.2) is 0 Å². The zero-order valence-corrected chi connectivity index (χ0v) is 31.9. The number of benzene rings is 1. The first-order valence-corrected chi connectivity index (χ1v) is 21.2. The Morgan fingerprint density at radius 1 is 0.816 bits per heavy atom. The lowest BCUT2D eigenvalue weighted by Crippen LogP contribution is -2.51. The van der Waals surface area contributed by atoms with Crippen molar-refractivity contribution in [2.75, 3.05) is 13.1 Å². The average Bonchev–Trinajstić information content (AvgIpc) is 3.38. The number of unbranched alkanes of at least 4 members (excludes halogenated alkanes) is 16. The van der Waals surface area contributed by atoms with E-state index in [-0.39, 0.29) is 23.0 Å². The minimum Gasteiger partial charge on any atom is -0.508 e. The molecule has 0 saturated heterocycles. The van der Waals surface area contributed by atoms with Gasteiger partial charge in [0, 0.05) is 25.4 Å². The van der Waals surface area contributed by atoms with Crippen LogP contribution in [-0.2, 0) is 11.2 Å². The molecule has 1 aromatic rings. The van der Waals surface area contributed by atoms with Gasteiger partial charge in [0.1, 0.15) is 11.9 Å². The van der Waals surface area contributed by atoms with E-state index >= 15 is 4.39 Å². The highest BCUT2D eigenvalue weighted by Crippen LogP contribution is 2.63. The number of aromatic hydroxyl groups is 1. The average molecular weight is 684 g/mol. The van der Waals surface area contributed by atoms with Crippen molar-refractivity contribution >= 4 is 5.91 Å². The third kappa shape index (κ3) is 11.4. The fraction of sp³-hybridized carbons (Fsp3) is 0.841. The van der Waals surface area contributed by atoms with Crippen molar-refractivity contribution in [3.8, 4) is 5.75 Å². The van der Waals surface area contributed by atoms with E-state index < -0.39 is 12.3 Å². The summed E-state index contributed by atoms with van der Waals surface area (Å²) in [6.07, 6.45) is 27.1. The van der Waals surface area contributed by atoms with Crippen LogP contribution in [0.5, 0.6) is 5.75 Å². The van der Waals surface area contributed by atoms with Gasteiger partial charge in [0.05, 0.1) is 6.10 Å². The zero-order chi connectivity index (χ0) is 35.1. The Morgan fingerprint density at radius 2 is 1.39 bits per heavy atom. The van der Waals surface area contributed by atoms with Crippen LogP contribution in [0.1, 0.15) is 192 Å². The molecular weight excluding hydrogens is 609 g/mol. The zero-order valence-electron chi connectivity index (χ0n) is 31.9. The molecule has 2 saturated carbocycles. The smallest absolute Gasteiger partial charge is 0.222 e. The maximum Gasteiger partial charge on any atom is 0.222 e. The molecular formula is C44H74FNO3. The van der Waals surface area contributed by atoms with Crippen molar-refractivity contribution in [3.63, 3.8) is 0 Å². The van der Waals surface area contributed by atoms with E-state index in [1.807, 2.05) is 12.1 Å². The van der Waals surface area contributed by atoms with Gasteiger partial charge in [-0.25, -0.2) is 4.39 Å². The Hall–Kier alpha value is -1.62. The number of carbonyl (C=O) groups is 1. The van der Waals surface area contributed by atoms with Crippen LogP contribution in [0.25, 0.3) is 0 Å². The molecule has 1 aromatic carbocycles. The number of carbonyl (C=O) groups excluding carboxylic acids is 1. The molecule has 4 nitrogen and oxygen atoms in total. The number of hydrogen-bond acceptors (Lipinski definition) is 3. The van der Waals surface area contributed by atoms with Gasteiger partial charge < -0.3 is 15.1 Å². The Labute approximate surface area is 300 Å². The molecule has 0 heterocycles. The van der Waals surface area contributed by atoms with Crippen LogP contribution >= 0.6 is 0 Å². The molecule has 2 N–H and O–H groups in total. The molecule has 0 aromatic heterocycles. The van der Waals surface area contributed by atoms with Gasteiger partial charge in [0.25, 0.3) is 0 Å². The van der Waals surface area contributed by atoms with Gasteiger partial charge in [-0.15, -0.1) is 0 Å². The van der Waals surface area contributed by atoms with Gasteiger partial charge >= 0.3 is 0 Å². The summed E-state index contributed by atoms with van der Waals surface area (Å²) in [6.45, 7) is 8.47. The van der Waals surface area contributed by atoms with Gasteiger partial charge in [-0.05, 0) is 97.8 Å². The van der Waals surface area contributed by atoms with Crippen LogP contribution in [0.2, 0.25) is 0 Å². The lowest BCUT2D eigenvalue weighted by Gasteiger charge is -2.54. The number of amides is 1. The van der Waals surface area contributed by atoms with Crippen LogP contribution in [0.3, 0.4) is 0 Å². The standard InChI is InChI=1S/C44H74FNO3/c1-4-6-8-10-12-13-14-15-20-24-41(49)46(29-21-17-11-9-7-5-2)30-22-18-16-19-23-34-31-35-32-36(47)25-26-37(35)43-39(45)33-44(3)38(42(34)43)27-28-40(44)48/h25-26,32,34,38-40,42-43,47-48H,4-24,27-31,33H2,1-3H3/t34-,38?,39+,40+,42?,43?,44+/m1/s1.